The molecule has 11 heavy (non-hydrogen) atoms. The lowest BCUT2D eigenvalue weighted by atomic mass is 10.2. The van der Waals surface area contributed by atoms with Crippen molar-refractivity contribution in [1.82, 2.24) is 15.0 Å². The summed E-state index contributed by atoms with van der Waals surface area (Å²) < 4.78 is 1.91. The van der Waals surface area contributed by atoms with Crippen LogP contribution in [-0.4, -0.2) is 21.0 Å². The van der Waals surface area contributed by atoms with Crippen molar-refractivity contribution in [3.8, 4) is 0 Å². The Balaban J connectivity index is 2.08. The smallest absolute Gasteiger partial charge is 0.0693 e. The van der Waals surface area contributed by atoms with Crippen LogP contribution in [0.5, 0.6) is 0 Å². The number of rotatable bonds is 1. The summed E-state index contributed by atoms with van der Waals surface area (Å²) in [5.74, 6) is 0. The van der Waals surface area contributed by atoms with E-state index >= 15 is 0 Å². The number of nitrogens with zero attached hydrogens (tertiary/aromatic N) is 3. The summed E-state index contributed by atoms with van der Waals surface area (Å²) in [6.45, 7) is 0. The van der Waals surface area contributed by atoms with Gasteiger partial charge in [-0.15, -0.1) is 5.10 Å². The van der Waals surface area contributed by atoms with E-state index in [9.17, 15) is 0 Å². The molecule has 0 bridgehead atoms. The standard InChI is InChI=1S/C7H12N4/c8-6-1-2-7(5-6)11-4-3-9-10-11/h3-4,6-7H,1-2,5,8H2. The minimum Gasteiger partial charge on any atom is -0.328 e. The maximum Gasteiger partial charge on any atom is 0.0693 e. The lowest BCUT2D eigenvalue weighted by Gasteiger charge is -2.07. The van der Waals surface area contributed by atoms with Gasteiger partial charge in [0.2, 0.25) is 0 Å². The monoisotopic (exact) mass is 152 g/mol. The summed E-state index contributed by atoms with van der Waals surface area (Å²) in [6, 6.07) is 0.858. The summed E-state index contributed by atoms with van der Waals surface area (Å²) in [6.07, 6.45) is 6.92. The van der Waals surface area contributed by atoms with Gasteiger partial charge in [-0.25, -0.2) is 4.68 Å². The van der Waals surface area contributed by atoms with Crippen molar-refractivity contribution in [2.75, 3.05) is 0 Å². The number of aromatic nitrogens is 3. The molecule has 0 saturated heterocycles. The maximum absolute atomic E-state index is 5.77. The molecule has 4 nitrogen and oxygen atoms in total. The van der Waals surface area contributed by atoms with Crippen LogP contribution in [0.4, 0.5) is 0 Å². The van der Waals surface area contributed by atoms with Crippen LogP contribution in [0, 0.1) is 0 Å². The van der Waals surface area contributed by atoms with Gasteiger partial charge in [0.1, 0.15) is 0 Å². The zero-order valence-corrected chi connectivity index (χ0v) is 6.35. The molecular weight excluding hydrogens is 140 g/mol. The third kappa shape index (κ3) is 1.26. The molecule has 1 heterocycles. The highest BCUT2D eigenvalue weighted by Crippen LogP contribution is 2.27. The van der Waals surface area contributed by atoms with Crippen LogP contribution in [0.2, 0.25) is 0 Å². The highest BCUT2D eigenvalue weighted by molar-refractivity contribution is 4.82. The molecule has 1 fully saturated rings. The second-order valence-electron chi connectivity index (χ2n) is 3.11. The molecule has 0 spiro atoms. The molecule has 60 valence electrons. The van der Waals surface area contributed by atoms with Crippen molar-refractivity contribution in [2.24, 2.45) is 5.73 Å². The van der Waals surface area contributed by atoms with E-state index in [1.807, 2.05) is 10.9 Å². The Morgan fingerprint density at radius 2 is 2.36 bits per heavy atom. The van der Waals surface area contributed by atoms with Crippen LogP contribution in [0.25, 0.3) is 0 Å². The average Bonchev–Trinajstić information content (AvgIpc) is 2.55. The van der Waals surface area contributed by atoms with E-state index in [0.717, 1.165) is 19.3 Å². The van der Waals surface area contributed by atoms with Gasteiger partial charge in [0.05, 0.1) is 12.2 Å². The third-order valence-corrected chi connectivity index (χ3v) is 2.26. The molecule has 0 radical (unpaired) electrons. The van der Waals surface area contributed by atoms with E-state index in [0.29, 0.717) is 12.1 Å². The van der Waals surface area contributed by atoms with Crippen LogP contribution >= 0.6 is 0 Å². The van der Waals surface area contributed by atoms with Crippen LogP contribution < -0.4 is 5.73 Å². The van der Waals surface area contributed by atoms with Gasteiger partial charge in [-0.1, -0.05) is 5.21 Å². The van der Waals surface area contributed by atoms with Crippen molar-refractivity contribution in [2.45, 2.75) is 31.3 Å². The van der Waals surface area contributed by atoms with Gasteiger partial charge in [0.25, 0.3) is 0 Å². The topological polar surface area (TPSA) is 56.7 Å². The second-order valence-corrected chi connectivity index (χ2v) is 3.11. The van der Waals surface area contributed by atoms with Gasteiger partial charge in [-0.05, 0) is 19.3 Å². The fourth-order valence-corrected chi connectivity index (χ4v) is 1.64. The van der Waals surface area contributed by atoms with Gasteiger partial charge < -0.3 is 5.73 Å². The first-order valence-electron chi connectivity index (χ1n) is 3.97. The number of hydrogen-bond acceptors (Lipinski definition) is 3. The molecule has 0 aliphatic heterocycles. The van der Waals surface area contributed by atoms with Gasteiger partial charge in [0.15, 0.2) is 0 Å². The highest BCUT2D eigenvalue weighted by Gasteiger charge is 2.23. The SMILES string of the molecule is NC1CCC(n2ccnn2)C1. The molecule has 0 aromatic carbocycles. The molecule has 4 heteroatoms. The van der Waals surface area contributed by atoms with Crippen molar-refractivity contribution in [1.29, 1.82) is 0 Å². The summed E-state index contributed by atoms with van der Waals surface area (Å²) in [5, 5.41) is 7.71. The van der Waals surface area contributed by atoms with Gasteiger partial charge in [0, 0.05) is 12.2 Å². The van der Waals surface area contributed by atoms with Crippen LogP contribution in [0.3, 0.4) is 0 Å². The highest BCUT2D eigenvalue weighted by atomic mass is 15.4. The van der Waals surface area contributed by atoms with Crippen molar-refractivity contribution in [3.63, 3.8) is 0 Å². The van der Waals surface area contributed by atoms with E-state index in [4.69, 9.17) is 5.73 Å². The Bertz CT molecular complexity index is 218. The summed E-state index contributed by atoms with van der Waals surface area (Å²) in [5.41, 5.74) is 5.77. The molecule has 0 amide bonds. The minimum absolute atomic E-state index is 0.365. The predicted molar refractivity (Wildman–Crippen MR) is 40.9 cm³/mol. The molecule has 1 aromatic heterocycles. The maximum atomic E-state index is 5.77. The summed E-state index contributed by atoms with van der Waals surface area (Å²) in [7, 11) is 0. The van der Waals surface area contributed by atoms with E-state index < -0.39 is 0 Å². The third-order valence-electron chi connectivity index (χ3n) is 2.26. The van der Waals surface area contributed by atoms with Crippen LogP contribution in [0.1, 0.15) is 25.3 Å². The van der Waals surface area contributed by atoms with E-state index in [-0.39, 0.29) is 0 Å². The normalized spacial score (nSPS) is 31.0. The van der Waals surface area contributed by atoms with E-state index in [2.05, 4.69) is 10.3 Å². The van der Waals surface area contributed by atoms with Crippen LogP contribution in [-0.2, 0) is 0 Å². The number of hydrogen-bond donors (Lipinski definition) is 1. The largest absolute Gasteiger partial charge is 0.328 e. The zero-order chi connectivity index (χ0) is 7.68. The fraction of sp³-hybridized carbons (Fsp3) is 0.714. The predicted octanol–water partition coefficient (Wildman–Crippen LogP) is 0.330. The Morgan fingerprint density at radius 1 is 1.45 bits per heavy atom. The Labute approximate surface area is 65.4 Å². The summed E-state index contributed by atoms with van der Waals surface area (Å²) >= 11 is 0. The Kier molecular flexibility index (Phi) is 1.62. The molecule has 2 atom stereocenters. The first-order chi connectivity index (χ1) is 5.36. The fourth-order valence-electron chi connectivity index (χ4n) is 1.64. The molecule has 2 rings (SSSR count). The van der Waals surface area contributed by atoms with Crippen molar-refractivity contribution < 1.29 is 0 Å². The molecule has 1 aromatic rings. The summed E-state index contributed by atoms with van der Waals surface area (Å²) in [4.78, 5) is 0. The Hall–Kier alpha value is -0.900. The first kappa shape index (κ1) is 6.79. The molecule has 1 saturated carbocycles. The van der Waals surface area contributed by atoms with Gasteiger partial charge in [-0.2, -0.15) is 0 Å². The average molecular weight is 152 g/mol. The van der Waals surface area contributed by atoms with Crippen LogP contribution in [0.15, 0.2) is 12.4 Å². The minimum atomic E-state index is 0.365. The molecule has 1 aliphatic carbocycles. The molecule has 2 unspecified atom stereocenters. The van der Waals surface area contributed by atoms with Gasteiger partial charge in [-0.3, -0.25) is 0 Å². The van der Waals surface area contributed by atoms with E-state index in [1.165, 1.54) is 0 Å². The first-order valence-corrected chi connectivity index (χ1v) is 3.97. The van der Waals surface area contributed by atoms with Crippen molar-refractivity contribution in [3.05, 3.63) is 12.4 Å². The lowest BCUT2D eigenvalue weighted by Crippen LogP contribution is -2.16. The number of nitrogens with two attached hydrogens (primary N) is 1. The molecular formula is C7H12N4. The lowest BCUT2D eigenvalue weighted by molar-refractivity contribution is 0.448. The quantitative estimate of drug-likeness (QED) is 0.631. The molecule has 2 N–H and O–H groups in total. The van der Waals surface area contributed by atoms with Crippen molar-refractivity contribution >= 4 is 0 Å². The van der Waals surface area contributed by atoms with Gasteiger partial charge >= 0.3 is 0 Å². The second kappa shape index (κ2) is 2.62. The van der Waals surface area contributed by atoms with E-state index in [1.54, 1.807) is 6.20 Å². The zero-order valence-electron chi connectivity index (χ0n) is 6.35. The molecule has 1 aliphatic rings. The Morgan fingerprint density at radius 3 is 2.91 bits per heavy atom.